The van der Waals surface area contributed by atoms with Crippen molar-refractivity contribution in [3.63, 3.8) is 0 Å². The lowest BCUT2D eigenvalue weighted by Gasteiger charge is -2.18. The zero-order chi connectivity index (χ0) is 13.8. The second-order valence-corrected chi connectivity index (χ2v) is 6.99. The van der Waals surface area contributed by atoms with E-state index in [-0.39, 0.29) is 6.04 Å². The standard InChI is InChI=1S/C13H21NO3S/c1-10(18(3,15)16)13(14)9-6-11-4-7-12(17-2)8-5-11/h4-5,7-8,10,13H,6,9,14H2,1-3H3. The fourth-order valence-corrected chi connectivity index (χ4v) is 2.45. The minimum atomic E-state index is -3.06. The lowest BCUT2D eigenvalue weighted by Crippen LogP contribution is -2.38. The number of rotatable bonds is 6. The van der Waals surface area contributed by atoms with E-state index in [1.54, 1.807) is 14.0 Å². The molecule has 0 aromatic heterocycles. The zero-order valence-electron chi connectivity index (χ0n) is 11.1. The molecule has 0 fully saturated rings. The number of nitrogens with two attached hydrogens (primary N) is 1. The Morgan fingerprint density at radius 2 is 1.83 bits per heavy atom. The van der Waals surface area contributed by atoms with Gasteiger partial charge in [0.25, 0.3) is 0 Å². The molecule has 0 aliphatic heterocycles. The summed E-state index contributed by atoms with van der Waals surface area (Å²) in [6.45, 7) is 1.66. The third-order valence-electron chi connectivity index (χ3n) is 3.20. The van der Waals surface area contributed by atoms with E-state index in [2.05, 4.69) is 0 Å². The summed E-state index contributed by atoms with van der Waals surface area (Å²) < 4.78 is 27.8. The van der Waals surface area contributed by atoms with Crippen molar-refractivity contribution < 1.29 is 13.2 Å². The Hall–Kier alpha value is -1.07. The molecule has 0 heterocycles. The Kier molecular flexibility index (Phi) is 5.16. The molecule has 2 atom stereocenters. The maximum absolute atomic E-state index is 11.4. The Morgan fingerprint density at radius 3 is 2.28 bits per heavy atom. The van der Waals surface area contributed by atoms with Crippen LogP contribution in [0.25, 0.3) is 0 Å². The molecule has 0 saturated heterocycles. The van der Waals surface area contributed by atoms with E-state index in [1.807, 2.05) is 24.3 Å². The van der Waals surface area contributed by atoms with Gasteiger partial charge in [-0.05, 0) is 37.5 Å². The normalized spacial score (nSPS) is 15.1. The van der Waals surface area contributed by atoms with Crippen LogP contribution in [0.2, 0.25) is 0 Å². The first-order valence-corrected chi connectivity index (χ1v) is 7.87. The van der Waals surface area contributed by atoms with Gasteiger partial charge in [-0.25, -0.2) is 8.42 Å². The van der Waals surface area contributed by atoms with E-state index in [4.69, 9.17) is 10.5 Å². The Bertz CT molecular complexity index is 468. The van der Waals surface area contributed by atoms with Crippen molar-refractivity contribution in [2.75, 3.05) is 13.4 Å². The van der Waals surface area contributed by atoms with Gasteiger partial charge in [0.1, 0.15) is 5.75 Å². The molecule has 0 spiro atoms. The molecule has 0 radical (unpaired) electrons. The van der Waals surface area contributed by atoms with Gasteiger partial charge in [-0.3, -0.25) is 0 Å². The van der Waals surface area contributed by atoms with Crippen molar-refractivity contribution in [2.45, 2.75) is 31.1 Å². The van der Waals surface area contributed by atoms with Crippen molar-refractivity contribution in [1.82, 2.24) is 0 Å². The third kappa shape index (κ3) is 4.31. The fourth-order valence-electron chi connectivity index (χ4n) is 1.68. The van der Waals surface area contributed by atoms with Crippen molar-refractivity contribution in [1.29, 1.82) is 0 Å². The highest BCUT2D eigenvalue weighted by molar-refractivity contribution is 7.91. The molecule has 1 aromatic rings. The molecule has 102 valence electrons. The van der Waals surface area contributed by atoms with Crippen LogP contribution >= 0.6 is 0 Å². The molecule has 2 unspecified atom stereocenters. The van der Waals surface area contributed by atoms with Gasteiger partial charge in [0.2, 0.25) is 0 Å². The van der Waals surface area contributed by atoms with Gasteiger partial charge in [-0.2, -0.15) is 0 Å². The molecule has 0 aliphatic rings. The van der Waals surface area contributed by atoms with Gasteiger partial charge in [0, 0.05) is 12.3 Å². The summed E-state index contributed by atoms with van der Waals surface area (Å²) in [6, 6.07) is 7.39. The van der Waals surface area contributed by atoms with E-state index in [0.717, 1.165) is 17.7 Å². The summed E-state index contributed by atoms with van der Waals surface area (Å²) in [4.78, 5) is 0. The predicted octanol–water partition coefficient (Wildman–Crippen LogP) is 1.39. The number of benzene rings is 1. The molecule has 0 bridgehead atoms. The maximum Gasteiger partial charge on any atom is 0.151 e. The van der Waals surface area contributed by atoms with Crippen LogP contribution in [0, 0.1) is 0 Å². The monoisotopic (exact) mass is 271 g/mol. The van der Waals surface area contributed by atoms with E-state index in [1.165, 1.54) is 6.26 Å². The largest absolute Gasteiger partial charge is 0.497 e. The molecule has 1 rings (SSSR count). The molecular weight excluding hydrogens is 250 g/mol. The van der Waals surface area contributed by atoms with E-state index in [0.29, 0.717) is 6.42 Å². The predicted molar refractivity (Wildman–Crippen MR) is 73.6 cm³/mol. The number of ether oxygens (including phenoxy) is 1. The van der Waals surface area contributed by atoms with Crippen LogP contribution in [-0.4, -0.2) is 33.1 Å². The summed E-state index contributed by atoms with van der Waals surface area (Å²) in [5.74, 6) is 0.813. The van der Waals surface area contributed by atoms with Gasteiger partial charge >= 0.3 is 0 Å². The first-order valence-electron chi connectivity index (χ1n) is 5.92. The number of aryl methyl sites for hydroxylation is 1. The molecular formula is C13H21NO3S. The van der Waals surface area contributed by atoms with Crippen LogP contribution in [0.4, 0.5) is 0 Å². The molecule has 0 amide bonds. The minimum absolute atomic E-state index is 0.331. The second kappa shape index (κ2) is 6.20. The Balaban J connectivity index is 2.54. The van der Waals surface area contributed by atoms with Gasteiger partial charge in [0.05, 0.1) is 12.4 Å². The SMILES string of the molecule is COc1ccc(CCC(N)C(C)S(C)(=O)=O)cc1. The molecule has 0 saturated carbocycles. The van der Waals surface area contributed by atoms with Crippen LogP contribution in [0.3, 0.4) is 0 Å². The molecule has 2 N–H and O–H groups in total. The van der Waals surface area contributed by atoms with Crippen LogP contribution in [-0.2, 0) is 16.3 Å². The summed E-state index contributed by atoms with van der Waals surface area (Å²) >= 11 is 0. The highest BCUT2D eigenvalue weighted by atomic mass is 32.2. The number of sulfone groups is 1. The van der Waals surface area contributed by atoms with Crippen molar-refractivity contribution in [3.8, 4) is 5.75 Å². The number of hydrogen-bond donors (Lipinski definition) is 1. The van der Waals surface area contributed by atoms with Crippen LogP contribution in [0.1, 0.15) is 18.9 Å². The molecule has 5 heteroatoms. The summed E-state index contributed by atoms with van der Waals surface area (Å²) in [7, 11) is -1.44. The first-order chi connectivity index (χ1) is 8.34. The van der Waals surface area contributed by atoms with Crippen LogP contribution in [0.5, 0.6) is 5.75 Å². The van der Waals surface area contributed by atoms with Gasteiger partial charge in [-0.15, -0.1) is 0 Å². The van der Waals surface area contributed by atoms with Crippen molar-refractivity contribution >= 4 is 9.84 Å². The topological polar surface area (TPSA) is 69.4 Å². The highest BCUT2D eigenvalue weighted by Gasteiger charge is 2.22. The molecule has 0 aliphatic carbocycles. The Labute approximate surface area is 109 Å². The maximum atomic E-state index is 11.4. The summed E-state index contributed by atoms with van der Waals surface area (Å²) in [6.07, 6.45) is 2.65. The number of methoxy groups -OCH3 is 1. The molecule has 1 aromatic carbocycles. The summed E-state index contributed by atoms with van der Waals surface area (Å²) in [5, 5.41) is -0.504. The van der Waals surface area contributed by atoms with Gasteiger partial charge in [-0.1, -0.05) is 12.1 Å². The van der Waals surface area contributed by atoms with Gasteiger partial charge < -0.3 is 10.5 Å². The van der Waals surface area contributed by atoms with E-state index < -0.39 is 15.1 Å². The lowest BCUT2D eigenvalue weighted by atomic mass is 10.0. The van der Waals surface area contributed by atoms with Crippen LogP contribution in [0.15, 0.2) is 24.3 Å². The highest BCUT2D eigenvalue weighted by Crippen LogP contribution is 2.14. The number of hydrogen-bond acceptors (Lipinski definition) is 4. The van der Waals surface area contributed by atoms with Crippen molar-refractivity contribution in [2.24, 2.45) is 5.73 Å². The quantitative estimate of drug-likeness (QED) is 0.849. The zero-order valence-corrected chi connectivity index (χ0v) is 11.9. The molecule has 4 nitrogen and oxygen atoms in total. The fraction of sp³-hybridized carbons (Fsp3) is 0.538. The minimum Gasteiger partial charge on any atom is -0.497 e. The van der Waals surface area contributed by atoms with Crippen LogP contribution < -0.4 is 10.5 Å². The average Bonchev–Trinajstić information content (AvgIpc) is 2.34. The van der Waals surface area contributed by atoms with E-state index >= 15 is 0 Å². The summed E-state index contributed by atoms with van der Waals surface area (Å²) in [5.41, 5.74) is 7.03. The second-order valence-electron chi connectivity index (χ2n) is 4.59. The van der Waals surface area contributed by atoms with Crippen molar-refractivity contribution in [3.05, 3.63) is 29.8 Å². The average molecular weight is 271 g/mol. The van der Waals surface area contributed by atoms with E-state index in [9.17, 15) is 8.42 Å². The Morgan fingerprint density at radius 1 is 1.28 bits per heavy atom. The lowest BCUT2D eigenvalue weighted by molar-refractivity contribution is 0.414. The molecule has 18 heavy (non-hydrogen) atoms. The first kappa shape index (κ1) is 15.0. The third-order valence-corrected chi connectivity index (χ3v) is 4.90. The smallest absolute Gasteiger partial charge is 0.151 e. The van der Waals surface area contributed by atoms with Gasteiger partial charge in [0.15, 0.2) is 9.84 Å².